The number of rotatable bonds is 4. The van der Waals surface area contributed by atoms with Crippen molar-refractivity contribution in [2.45, 2.75) is 44.1 Å². The maximum atomic E-state index is 13.2. The number of anilines is 2. The van der Waals surface area contributed by atoms with Crippen LogP contribution in [0.2, 0.25) is 0 Å². The summed E-state index contributed by atoms with van der Waals surface area (Å²) in [6.45, 7) is 2.86. The summed E-state index contributed by atoms with van der Waals surface area (Å²) in [7, 11) is 0. The highest BCUT2D eigenvalue weighted by molar-refractivity contribution is 5.99. The Labute approximate surface area is 200 Å². The zero-order valence-electron chi connectivity index (χ0n) is 19.4. The number of carbonyl (C=O) groups is 3. The number of ether oxygens (including phenoxy) is 1. The number of hydrogen-bond acceptors (Lipinski definition) is 5. The molecular formula is C27H31N3O4. The van der Waals surface area contributed by atoms with Gasteiger partial charge in [0.25, 0.3) is 5.91 Å². The average Bonchev–Trinajstić information content (AvgIpc) is 3.19. The fourth-order valence-electron chi connectivity index (χ4n) is 5.57. The van der Waals surface area contributed by atoms with Gasteiger partial charge >= 0.3 is 5.97 Å². The SMILES string of the molecule is O=C1C[C@H](C(=O)Nc2cccc(C(=O)N3CCN(c4ccccc4)CC3)c2)C2(CCCCC2)O1. The molecule has 2 aliphatic heterocycles. The molecule has 2 saturated heterocycles. The maximum Gasteiger partial charge on any atom is 0.307 e. The third-order valence-electron chi connectivity index (χ3n) is 7.40. The van der Waals surface area contributed by atoms with Crippen molar-refractivity contribution in [2.24, 2.45) is 5.92 Å². The second-order valence-electron chi connectivity index (χ2n) is 9.54. The lowest BCUT2D eigenvalue weighted by atomic mass is 9.75. The Morgan fingerprint density at radius 2 is 1.65 bits per heavy atom. The molecule has 34 heavy (non-hydrogen) atoms. The molecule has 7 nitrogen and oxygen atoms in total. The van der Waals surface area contributed by atoms with Gasteiger partial charge in [-0.25, -0.2) is 0 Å². The van der Waals surface area contributed by atoms with Crippen molar-refractivity contribution in [1.82, 2.24) is 4.90 Å². The van der Waals surface area contributed by atoms with E-state index in [1.807, 2.05) is 23.1 Å². The maximum absolute atomic E-state index is 13.2. The first-order valence-corrected chi connectivity index (χ1v) is 12.3. The van der Waals surface area contributed by atoms with Crippen LogP contribution in [-0.2, 0) is 14.3 Å². The predicted octanol–water partition coefficient (Wildman–Crippen LogP) is 3.85. The fraction of sp³-hybridized carbons (Fsp3) is 0.444. The van der Waals surface area contributed by atoms with Crippen molar-refractivity contribution in [3.8, 4) is 0 Å². The molecular weight excluding hydrogens is 430 g/mol. The van der Waals surface area contributed by atoms with Crippen LogP contribution in [0.15, 0.2) is 54.6 Å². The minimum Gasteiger partial charge on any atom is -0.458 e. The second-order valence-corrected chi connectivity index (χ2v) is 9.54. The number of amides is 2. The quantitative estimate of drug-likeness (QED) is 0.700. The van der Waals surface area contributed by atoms with Crippen LogP contribution in [0.4, 0.5) is 11.4 Å². The molecule has 0 unspecified atom stereocenters. The smallest absolute Gasteiger partial charge is 0.307 e. The van der Waals surface area contributed by atoms with Gasteiger partial charge in [0.1, 0.15) is 5.60 Å². The van der Waals surface area contributed by atoms with E-state index >= 15 is 0 Å². The van der Waals surface area contributed by atoms with Gasteiger partial charge in [-0.1, -0.05) is 30.7 Å². The van der Waals surface area contributed by atoms with Gasteiger partial charge in [0, 0.05) is 43.1 Å². The zero-order valence-corrected chi connectivity index (χ0v) is 19.4. The average molecular weight is 462 g/mol. The number of piperazine rings is 1. The molecule has 5 rings (SSSR count). The minimum atomic E-state index is -0.661. The summed E-state index contributed by atoms with van der Waals surface area (Å²) in [5.74, 6) is -1.01. The second kappa shape index (κ2) is 9.49. The van der Waals surface area contributed by atoms with Crippen molar-refractivity contribution < 1.29 is 19.1 Å². The summed E-state index contributed by atoms with van der Waals surface area (Å²) < 4.78 is 5.68. The third-order valence-corrected chi connectivity index (χ3v) is 7.40. The van der Waals surface area contributed by atoms with E-state index in [0.717, 1.165) is 45.2 Å². The monoisotopic (exact) mass is 461 g/mol. The van der Waals surface area contributed by atoms with Crippen LogP contribution < -0.4 is 10.2 Å². The Morgan fingerprint density at radius 1 is 0.912 bits per heavy atom. The van der Waals surface area contributed by atoms with Crippen LogP contribution in [0.1, 0.15) is 48.9 Å². The first kappa shape index (κ1) is 22.4. The van der Waals surface area contributed by atoms with Gasteiger partial charge in [-0.15, -0.1) is 0 Å². The lowest BCUT2D eigenvalue weighted by molar-refractivity contribution is -0.153. The van der Waals surface area contributed by atoms with Gasteiger partial charge in [-0.3, -0.25) is 14.4 Å². The molecule has 3 fully saturated rings. The van der Waals surface area contributed by atoms with E-state index in [9.17, 15) is 14.4 Å². The highest BCUT2D eigenvalue weighted by atomic mass is 16.6. The van der Waals surface area contributed by atoms with Crippen molar-refractivity contribution in [3.05, 3.63) is 60.2 Å². The highest BCUT2D eigenvalue weighted by Gasteiger charge is 2.52. The number of hydrogen-bond donors (Lipinski definition) is 1. The van der Waals surface area contributed by atoms with Crippen LogP contribution in [0.3, 0.4) is 0 Å². The molecule has 0 bridgehead atoms. The van der Waals surface area contributed by atoms with Gasteiger partial charge in [0.2, 0.25) is 5.91 Å². The molecule has 1 aliphatic carbocycles. The molecule has 0 radical (unpaired) electrons. The molecule has 1 spiro atoms. The van der Waals surface area contributed by atoms with E-state index < -0.39 is 11.5 Å². The molecule has 1 N–H and O–H groups in total. The molecule has 3 aliphatic rings. The first-order chi connectivity index (χ1) is 16.5. The molecule has 1 saturated carbocycles. The van der Waals surface area contributed by atoms with Crippen molar-refractivity contribution in [2.75, 3.05) is 36.4 Å². The number of esters is 1. The molecule has 1 atom stereocenters. The number of nitrogens with zero attached hydrogens (tertiary/aromatic N) is 2. The minimum absolute atomic E-state index is 0.0352. The zero-order chi connectivity index (χ0) is 23.5. The first-order valence-electron chi connectivity index (χ1n) is 12.3. The van der Waals surface area contributed by atoms with Crippen LogP contribution in [-0.4, -0.2) is 54.5 Å². The lowest BCUT2D eigenvalue weighted by Crippen LogP contribution is -2.48. The van der Waals surface area contributed by atoms with Gasteiger partial charge in [0.15, 0.2) is 0 Å². The number of nitrogens with one attached hydrogen (secondary N) is 1. The fourth-order valence-corrected chi connectivity index (χ4v) is 5.57. The third kappa shape index (κ3) is 4.52. The van der Waals surface area contributed by atoms with Gasteiger partial charge in [-0.2, -0.15) is 0 Å². The lowest BCUT2D eigenvalue weighted by Gasteiger charge is -2.36. The highest BCUT2D eigenvalue weighted by Crippen LogP contribution is 2.44. The van der Waals surface area contributed by atoms with Crippen molar-refractivity contribution in [1.29, 1.82) is 0 Å². The van der Waals surface area contributed by atoms with Gasteiger partial charge < -0.3 is 19.9 Å². The molecule has 2 aromatic carbocycles. The van der Waals surface area contributed by atoms with E-state index in [-0.39, 0.29) is 24.2 Å². The van der Waals surface area contributed by atoms with E-state index in [1.54, 1.807) is 24.3 Å². The summed E-state index contributed by atoms with van der Waals surface area (Å²) in [4.78, 5) is 42.5. The predicted molar refractivity (Wildman–Crippen MR) is 130 cm³/mol. The summed E-state index contributed by atoms with van der Waals surface area (Å²) in [6, 6.07) is 17.3. The van der Waals surface area contributed by atoms with Gasteiger partial charge in [-0.05, 0) is 56.0 Å². The molecule has 2 amide bonds. The van der Waals surface area contributed by atoms with Crippen LogP contribution >= 0.6 is 0 Å². The van der Waals surface area contributed by atoms with E-state index in [2.05, 4.69) is 22.3 Å². The van der Waals surface area contributed by atoms with E-state index in [0.29, 0.717) is 24.3 Å². The molecule has 2 aromatic rings. The molecule has 0 aromatic heterocycles. The van der Waals surface area contributed by atoms with Gasteiger partial charge in [0.05, 0.1) is 12.3 Å². The Kier molecular flexibility index (Phi) is 6.26. The van der Waals surface area contributed by atoms with Crippen LogP contribution in [0.25, 0.3) is 0 Å². The topological polar surface area (TPSA) is 79.0 Å². The number of para-hydroxylation sites is 1. The number of carbonyl (C=O) groups excluding carboxylic acids is 3. The molecule has 7 heteroatoms. The van der Waals surface area contributed by atoms with Crippen molar-refractivity contribution in [3.63, 3.8) is 0 Å². The van der Waals surface area contributed by atoms with Crippen molar-refractivity contribution >= 4 is 29.2 Å². The standard InChI is InChI=1S/C27H31N3O4/c31-24-19-23(27(34-24)12-5-2-6-13-27)25(32)28-21-9-7-8-20(18-21)26(33)30-16-14-29(15-17-30)22-10-3-1-4-11-22/h1,3-4,7-11,18,23H,2,5-6,12-17,19H2,(H,28,32)/t23-/m1/s1. The summed E-state index contributed by atoms with van der Waals surface area (Å²) in [5, 5.41) is 2.95. The molecule has 178 valence electrons. The van der Waals surface area contributed by atoms with E-state index in [4.69, 9.17) is 4.74 Å². The van der Waals surface area contributed by atoms with E-state index in [1.165, 1.54) is 5.69 Å². The summed E-state index contributed by atoms with van der Waals surface area (Å²) >= 11 is 0. The Morgan fingerprint density at radius 3 is 2.38 bits per heavy atom. The summed E-state index contributed by atoms with van der Waals surface area (Å²) in [5.41, 5.74) is 1.64. The normalized spacial score (nSPS) is 21.9. The van der Waals surface area contributed by atoms with Crippen LogP contribution in [0.5, 0.6) is 0 Å². The molecule has 2 heterocycles. The number of benzene rings is 2. The summed E-state index contributed by atoms with van der Waals surface area (Å²) in [6.07, 6.45) is 4.65. The Bertz CT molecular complexity index is 1060. The Hall–Kier alpha value is -3.35. The Balaban J connectivity index is 1.23. The largest absolute Gasteiger partial charge is 0.458 e. The van der Waals surface area contributed by atoms with Crippen LogP contribution in [0, 0.1) is 5.92 Å².